The van der Waals surface area contributed by atoms with E-state index >= 15 is 0 Å². The van der Waals surface area contributed by atoms with Gasteiger partial charge in [0.25, 0.3) is 0 Å². The van der Waals surface area contributed by atoms with Gasteiger partial charge in [0.1, 0.15) is 12.4 Å². The van der Waals surface area contributed by atoms with Crippen LogP contribution in [-0.4, -0.2) is 11.7 Å². The Labute approximate surface area is 152 Å². The Balaban J connectivity index is 1.89. The fourth-order valence-electron chi connectivity index (χ4n) is 2.21. The maximum Gasteiger partial charge on any atom is 0.367 e. The topological polar surface area (TPSA) is 47.9 Å². The lowest BCUT2D eigenvalue weighted by Crippen LogP contribution is -2.03. The zero-order valence-electron chi connectivity index (χ0n) is 12.8. The highest BCUT2D eigenvalue weighted by molar-refractivity contribution is 9.10. The Kier molecular flexibility index (Phi) is 5.02. The van der Waals surface area contributed by atoms with Gasteiger partial charge in [-0.25, -0.2) is 4.79 Å². The summed E-state index contributed by atoms with van der Waals surface area (Å²) in [4.78, 5) is 16.4. The third kappa shape index (κ3) is 3.68. The molecular formula is C18H13BrClNO3. The molecule has 0 N–H and O–H groups in total. The highest BCUT2D eigenvalue weighted by Crippen LogP contribution is 2.28. The molecule has 0 aliphatic carbocycles. The number of carbonyl (C=O) groups excluding carboxylic acids is 1. The molecule has 3 rings (SSSR count). The maximum atomic E-state index is 11.7. The smallest absolute Gasteiger partial charge is 0.367 e. The molecule has 0 aromatic heterocycles. The number of benzene rings is 2. The summed E-state index contributed by atoms with van der Waals surface area (Å²) < 4.78 is 6.77. The molecule has 6 heteroatoms. The van der Waals surface area contributed by atoms with Crippen molar-refractivity contribution in [2.45, 2.75) is 13.5 Å². The maximum absolute atomic E-state index is 11.7. The fourth-order valence-corrected chi connectivity index (χ4v) is 2.78. The standard InChI is InChI=1S/C18H13BrClNO3/c1-11-15(18(22)24-21-11)9-13-8-14(19)6-7-17(13)23-10-12-4-2-3-5-16(12)20/h2-9H,10H2,1H3/b15-9+. The Morgan fingerprint density at radius 1 is 1.29 bits per heavy atom. The van der Waals surface area contributed by atoms with Gasteiger partial charge >= 0.3 is 5.97 Å². The van der Waals surface area contributed by atoms with E-state index in [4.69, 9.17) is 16.3 Å². The van der Waals surface area contributed by atoms with Gasteiger partial charge < -0.3 is 9.57 Å². The molecule has 0 saturated heterocycles. The fraction of sp³-hybridized carbons (Fsp3) is 0.111. The largest absolute Gasteiger partial charge is 0.488 e. The van der Waals surface area contributed by atoms with Crippen molar-refractivity contribution in [3.8, 4) is 5.75 Å². The summed E-state index contributed by atoms with van der Waals surface area (Å²) in [6, 6.07) is 13.1. The molecule has 122 valence electrons. The van der Waals surface area contributed by atoms with Crippen molar-refractivity contribution in [2.75, 3.05) is 0 Å². The Morgan fingerprint density at radius 3 is 2.79 bits per heavy atom. The molecule has 0 saturated carbocycles. The van der Waals surface area contributed by atoms with Gasteiger partial charge in [0, 0.05) is 20.6 Å². The van der Waals surface area contributed by atoms with Gasteiger partial charge in [-0.1, -0.05) is 50.9 Å². The van der Waals surface area contributed by atoms with Crippen LogP contribution >= 0.6 is 27.5 Å². The average molecular weight is 407 g/mol. The van der Waals surface area contributed by atoms with Gasteiger partial charge in [-0.2, -0.15) is 0 Å². The van der Waals surface area contributed by atoms with Crippen LogP contribution in [0.2, 0.25) is 5.02 Å². The molecule has 24 heavy (non-hydrogen) atoms. The normalized spacial score (nSPS) is 15.4. The number of carbonyl (C=O) groups is 1. The van der Waals surface area contributed by atoms with E-state index in [1.165, 1.54) is 0 Å². The molecule has 1 aliphatic rings. The predicted molar refractivity (Wildman–Crippen MR) is 97.1 cm³/mol. The van der Waals surface area contributed by atoms with Crippen LogP contribution in [0, 0.1) is 0 Å². The number of oxime groups is 1. The lowest BCUT2D eigenvalue weighted by molar-refractivity contribution is -0.136. The average Bonchev–Trinajstić information content (AvgIpc) is 2.87. The highest BCUT2D eigenvalue weighted by Gasteiger charge is 2.22. The van der Waals surface area contributed by atoms with E-state index in [2.05, 4.69) is 25.9 Å². The summed E-state index contributed by atoms with van der Waals surface area (Å²) in [6.07, 6.45) is 1.71. The zero-order valence-corrected chi connectivity index (χ0v) is 15.1. The van der Waals surface area contributed by atoms with Gasteiger partial charge in [-0.3, -0.25) is 0 Å². The van der Waals surface area contributed by atoms with E-state index in [1.807, 2.05) is 42.5 Å². The van der Waals surface area contributed by atoms with Crippen LogP contribution in [0.5, 0.6) is 5.75 Å². The van der Waals surface area contributed by atoms with Crippen LogP contribution in [0.15, 0.2) is 57.7 Å². The van der Waals surface area contributed by atoms with Crippen molar-refractivity contribution in [3.63, 3.8) is 0 Å². The van der Waals surface area contributed by atoms with Crippen LogP contribution in [0.1, 0.15) is 18.1 Å². The molecule has 1 aliphatic heterocycles. The molecule has 2 aromatic carbocycles. The third-order valence-corrected chi connectivity index (χ3v) is 4.35. The number of nitrogens with zero attached hydrogens (tertiary/aromatic N) is 1. The van der Waals surface area contributed by atoms with Crippen molar-refractivity contribution in [1.82, 2.24) is 0 Å². The molecular weight excluding hydrogens is 394 g/mol. The lowest BCUT2D eigenvalue weighted by atomic mass is 10.1. The highest BCUT2D eigenvalue weighted by atomic mass is 79.9. The van der Waals surface area contributed by atoms with Crippen LogP contribution in [0.3, 0.4) is 0 Å². The first-order chi connectivity index (χ1) is 11.5. The van der Waals surface area contributed by atoms with E-state index in [0.717, 1.165) is 15.6 Å². The van der Waals surface area contributed by atoms with E-state index in [9.17, 15) is 4.79 Å². The minimum Gasteiger partial charge on any atom is -0.488 e. The van der Waals surface area contributed by atoms with Gasteiger partial charge in [0.15, 0.2) is 0 Å². The Morgan fingerprint density at radius 2 is 2.08 bits per heavy atom. The van der Waals surface area contributed by atoms with Crippen molar-refractivity contribution in [1.29, 1.82) is 0 Å². The van der Waals surface area contributed by atoms with Crippen LogP contribution in [0.4, 0.5) is 0 Å². The number of halogens is 2. The van der Waals surface area contributed by atoms with E-state index in [0.29, 0.717) is 28.7 Å². The van der Waals surface area contributed by atoms with Gasteiger partial charge in [-0.15, -0.1) is 0 Å². The second kappa shape index (κ2) is 7.20. The summed E-state index contributed by atoms with van der Waals surface area (Å²) in [5, 5.41) is 4.33. The number of rotatable bonds is 4. The second-order valence-corrected chi connectivity index (χ2v) is 6.50. The summed E-state index contributed by atoms with van der Waals surface area (Å²) in [6.45, 7) is 2.05. The molecule has 0 unspecified atom stereocenters. The van der Waals surface area contributed by atoms with E-state index < -0.39 is 5.97 Å². The molecule has 0 radical (unpaired) electrons. The summed E-state index contributed by atoms with van der Waals surface area (Å²) in [5.74, 6) is 0.169. The lowest BCUT2D eigenvalue weighted by Gasteiger charge is -2.11. The molecule has 4 nitrogen and oxygen atoms in total. The van der Waals surface area contributed by atoms with Crippen LogP contribution < -0.4 is 4.74 Å². The van der Waals surface area contributed by atoms with Crippen molar-refractivity contribution in [3.05, 3.63) is 68.7 Å². The minimum absolute atomic E-state index is 0.328. The first-order valence-corrected chi connectivity index (χ1v) is 8.35. The Bertz CT molecular complexity index is 861. The number of ether oxygens (including phenoxy) is 1. The molecule has 1 heterocycles. The first kappa shape index (κ1) is 16.7. The number of hydrogen-bond donors (Lipinski definition) is 0. The molecule has 0 atom stereocenters. The summed E-state index contributed by atoms with van der Waals surface area (Å²) in [7, 11) is 0. The molecule has 0 amide bonds. The summed E-state index contributed by atoms with van der Waals surface area (Å²) >= 11 is 9.59. The van der Waals surface area contributed by atoms with Crippen molar-refractivity contribution < 1.29 is 14.4 Å². The summed E-state index contributed by atoms with van der Waals surface area (Å²) in [5.41, 5.74) is 2.59. The van der Waals surface area contributed by atoms with Gasteiger partial charge in [-0.05, 0) is 37.3 Å². The number of hydrogen-bond acceptors (Lipinski definition) is 4. The van der Waals surface area contributed by atoms with Crippen molar-refractivity contribution >= 4 is 45.3 Å². The van der Waals surface area contributed by atoms with E-state index in [1.54, 1.807) is 13.0 Å². The molecule has 0 fully saturated rings. The van der Waals surface area contributed by atoms with Gasteiger partial charge in [0.2, 0.25) is 0 Å². The third-order valence-electron chi connectivity index (χ3n) is 3.49. The SMILES string of the molecule is CC1=NOC(=O)/C1=C/c1cc(Br)ccc1OCc1ccccc1Cl. The Hall–Kier alpha value is -2.11. The first-order valence-electron chi connectivity index (χ1n) is 7.18. The molecule has 0 spiro atoms. The zero-order chi connectivity index (χ0) is 17.1. The monoisotopic (exact) mass is 405 g/mol. The second-order valence-electron chi connectivity index (χ2n) is 5.18. The molecule has 0 bridgehead atoms. The molecule has 2 aromatic rings. The van der Waals surface area contributed by atoms with Crippen LogP contribution in [0.25, 0.3) is 6.08 Å². The quantitative estimate of drug-likeness (QED) is 0.530. The van der Waals surface area contributed by atoms with Crippen molar-refractivity contribution in [2.24, 2.45) is 5.16 Å². The van der Waals surface area contributed by atoms with Crippen LogP contribution in [-0.2, 0) is 16.2 Å². The predicted octanol–water partition coefficient (Wildman–Crippen LogP) is 5.00. The van der Waals surface area contributed by atoms with Gasteiger partial charge in [0.05, 0.1) is 11.3 Å². The minimum atomic E-state index is -0.468. The van der Waals surface area contributed by atoms with E-state index in [-0.39, 0.29) is 0 Å².